The molecule has 0 aromatic rings. The molecule has 0 spiro atoms. The number of hydrogen-bond acceptors (Lipinski definition) is 2. The van der Waals surface area contributed by atoms with E-state index in [4.69, 9.17) is 0 Å². The molecule has 1 atom stereocenters. The summed E-state index contributed by atoms with van der Waals surface area (Å²) in [7, 11) is 0. The fourth-order valence-corrected chi connectivity index (χ4v) is 2.52. The summed E-state index contributed by atoms with van der Waals surface area (Å²) in [5.41, 5.74) is 0. The maximum absolute atomic E-state index is 11.9. The van der Waals surface area contributed by atoms with E-state index >= 15 is 0 Å². The molecule has 1 unspecified atom stereocenters. The molecule has 2 aliphatic rings. The summed E-state index contributed by atoms with van der Waals surface area (Å²) in [5.74, 6) is 0.0145. The van der Waals surface area contributed by atoms with Crippen molar-refractivity contribution in [1.82, 2.24) is 9.80 Å². The molecule has 0 bridgehead atoms. The normalized spacial score (nSPS) is 26.1. The summed E-state index contributed by atoms with van der Waals surface area (Å²) in [6.45, 7) is 1.30. The second kappa shape index (κ2) is 4.51. The number of hydrogen-bond donors (Lipinski definition) is 0. The molecule has 0 saturated carbocycles. The van der Waals surface area contributed by atoms with Crippen LogP contribution in [0.4, 0.5) is 4.79 Å². The maximum Gasteiger partial charge on any atom is 0.327 e. The zero-order valence-corrected chi connectivity index (χ0v) is 10.2. The average Bonchev–Trinajstić information content (AvgIpc) is 2.51. The zero-order chi connectivity index (χ0) is 10.8. The van der Waals surface area contributed by atoms with E-state index in [2.05, 4.69) is 15.9 Å². The van der Waals surface area contributed by atoms with Gasteiger partial charge in [-0.3, -0.25) is 9.69 Å². The molecule has 2 fully saturated rings. The van der Waals surface area contributed by atoms with Gasteiger partial charge >= 0.3 is 6.03 Å². The van der Waals surface area contributed by atoms with Gasteiger partial charge in [-0.15, -0.1) is 0 Å². The molecule has 4 nitrogen and oxygen atoms in total. The first-order valence-electron chi connectivity index (χ1n) is 5.43. The Morgan fingerprint density at radius 3 is 2.80 bits per heavy atom. The lowest BCUT2D eigenvalue weighted by Gasteiger charge is -2.26. The number of fused-ring (bicyclic) bond motifs is 1. The molecule has 3 amide bonds. The smallest absolute Gasteiger partial charge is 0.312 e. The summed E-state index contributed by atoms with van der Waals surface area (Å²) in [6, 6.07) is -0.229. The molecule has 2 saturated heterocycles. The molecule has 84 valence electrons. The molecule has 2 aliphatic heterocycles. The lowest BCUT2D eigenvalue weighted by molar-refractivity contribution is -0.128. The van der Waals surface area contributed by atoms with Gasteiger partial charge < -0.3 is 4.90 Å². The Morgan fingerprint density at radius 2 is 2.13 bits per heavy atom. The fraction of sp³-hybridized carbons (Fsp3) is 0.800. The Hall–Kier alpha value is -0.580. The molecule has 15 heavy (non-hydrogen) atoms. The highest BCUT2D eigenvalue weighted by molar-refractivity contribution is 9.09. The van der Waals surface area contributed by atoms with Crippen LogP contribution in [0.3, 0.4) is 0 Å². The minimum Gasteiger partial charge on any atom is -0.312 e. The van der Waals surface area contributed by atoms with E-state index in [1.165, 1.54) is 4.90 Å². The number of rotatable bonds is 3. The van der Waals surface area contributed by atoms with E-state index in [1.807, 2.05) is 0 Å². The largest absolute Gasteiger partial charge is 0.327 e. The van der Waals surface area contributed by atoms with Gasteiger partial charge in [0.25, 0.3) is 5.91 Å². The zero-order valence-electron chi connectivity index (χ0n) is 8.62. The Morgan fingerprint density at radius 1 is 1.33 bits per heavy atom. The van der Waals surface area contributed by atoms with Crippen LogP contribution < -0.4 is 0 Å². The molecular formula is C10H15BrN2O2. The lowest BCUT2D eigenvalue weighted by atomic mass is 10.0. The number of imide groups is 1. The second-order valence-corrected chi connectivity index (χ2v) is 4.81. The number of carbonyl (C=O) groups excluding carboxylic acids is 2. The number of urea groups is 1. The van der Waals surface area contributed by atoms with E-state index < -0.39 is 0 Å². The van der Waals surface area contributed by atoms with Gasteiger partial charge in [0.1, 0.15) is 6.04 Å². The van der Waals surface area contributed by atoms with Crippen molar-refractivity contribution in [3.8, 4) is 0 Å². The first-order valence-corrected chi connectivity index (χ1v) is 6.56. The van der Waals surface area contributed by atoms with E-state index in [0.717, 1.165) is 37.6 Å². The number of halogens is 1. The number of nitrogens with zero attached hydrogens (tertiary/aromatic N) is 2. The minimum absolute atomic E-state index is 0.0145. The van der Waals surface area contributed by atoms with Crippen molar-refractivity contribution in [2.24, 2.45) is 0 Å². The van der Waals surface area contributed by atoms with Crippen molar-refractivity contribution < 1.29 is 9.59 Å². The molecule has 2 heterocycles. The van der Waals surface area contributed by atoms with Crippen LogP contribution in [0.5, 0.6) is 0 Å². The highest BCUT2D eigenvalue weighted by Gasteiger charge is 2.45. The summed E-state index contributed by atoms with van der Waals surface area (Å²) in [5, 5.41) is 0.828. The summed E-state index contributed by atoms with van der Waals surface area (Å²) >= 11 is 3.31. The quantitative estimate of drug-likeness (QED) is 0.579. The van der Waals surface area contributed by atoms with Gasteiger partial charge in [0.15, 0.2) is 0 Å². The van der Waals surface area contributed by atoms with Crippen LogP contribution in [0.1, 0.15) is 25.7 Å². The Balaban J connectivity index is 2.07. The molecule has 2 rings (SSSR count). The van der Waals surface area contributed by atoms with Crippen LogP contribution in [0.15, 0.2) is 0 Å². The molecule has 0 aliphatic carbocycles. The van der Waals surface area contributed by atoms with Crippen molar-refractivity contribution in [2.45, 2.75) is 31.7 Å². The van der Waals surface area contributed by atoms with Gasteiger partial charge in [0, 0.05) is 18.4 Å². The standard InChI is InChI=1S/C10H15BrN2O2/c11-5-3-7-13-9(14)8-4-1-2-6-12(8)10(13)15/h8H,1-7H2. The fourth-order valence-electron chi connectivity index (χ4n) is 2.27. The first-order chi connectivity index (χ1) is 7.25. The third-order valence-corrected chi connectivity index (χ3v) is 3.61. The Labute approximate surface area is 97.7 Å². The summed E-state index contributed by atoms with van der Waals surface area (Å²) in [4.78, 5) is 26.9. The Bertz CT molecular complexity index is 259. The van der Waals surface area contributed by atoms with Gasteiger partial charge in [-0.25, -0.2) is 4.79 Å². The van der Waals surface area contributed by atoms with Crippen LogP contribution in [0.25, 0.3) is 0 Å². The van der Waals surface area contributed by atoms with Crippen molar-refractivity contribution in [3.05, 3.63) is 0 Å². The minimum atomic E-state index is -0.151. The molecule has 0 radical (unpaired) electrons. The predicted molar refractivity (Wildman–Crippen MR) is 59.9 cm³/mol. The molecule has 0 aromatic carbocycles. The highest BCUT2D eigenvalue weighted by Crippen LogP contribution is 2.26. The van der Waals surface area contributed by atoms with Crippen LogP contribution in [0, 0.1) is 0 Å². The van der Waals surface area contributed by atoms with Crippen LogP contribution in [0.2, 0.25) is 0 Å². The van der Waals surface area contributed by atoms with E-state index in [0.29, 0.717) is 6.54 Å². The number of alkyl halides is 1. The van der Waals surface area contributed by atoms with Crippen LogP contribution >= 0.6 is 15.9 Å². The second-order valence-electron chi connectivity index (χ2n) is 4.02. The van der Waals surface area contributed by atoms with Gasteiger partial charge in [0.05, 0.1) is 0 Å². The highest BCUT2D eigenvalue weighted by atomic mass is 79.9. The van der Waals surface area contributed by atoms with E-state index in [1.54, 1.807) is 4.90 Å². The monoisotopic (exact) mass is 274 g/mol. The third kappa shape index (κ3) is 1.89. The van der Waals surface area contributed by atoms with Gasteiger partial charge in [-0.05, 0) is 25.7 Å². The predicted octanol–water partition coefficient (Wildman–Crippen LogP) is 1.59. The molecular weight excluding hydrogens is 260 g/mol. The summed E-state index contributed by atoms with van der Waals surface area (Å²) in [6.07, 6.45) is 3.77. The van der Waals surface area contributed by atoms with Gasteiger partial charge in [-0.2, -0.15) is 0 Å². The summed E-state index contributed by atoms with van der Waals surface area (Å²) < 4.78 is 0. The lowest BCUT2D eigenvalue weighted by Crippen LogP contribution is -2.39. The molecule has 0 N–H and O–H groups in total. The maximum atomic E-state index is 11.9. The van der Waals surface area contributed by atoms with Crippen LogP contribution in [-0.4, -0.2) is 46.2 Å². The number of carbonyl (C=O) groups is 2. The molecule has 5 heteroatoms. The third-order valence-electron chi connectivity index (χ3n) is 3.05. The SMILES string of the molecule is O=C1C2CCCCN2C(=O)N1CCCBr. The number of piperidine rings is 1. The van der Waals surface area contributed by atoms with Crippen molar-refractivity contribution in [2.75, 3.05) is 18.4 Å². The topological polar surface area (TPSA) is 40.6 Å². The van der Waals surface area contributed by atoms with Gasteiger partial charge in [0.2, 0.25) is 0 Å². The van der Waals surface area contributed by atoms with E-state index in [-0.39, 0.29) is 18.0 Å². The van der Waals surface area contributed by atoms with Gasteiger partial charge in [-0.1, -0.05) is 15.9 Å². The molecule has 0 aromatic heterocycles. The van der Waals surface area contributed by atoms with E-state index in [9.17, 15) is 9.59 Å². The van der Waals surface area contributed by atoms with Crippen molar-refractivity contribution in [1.29, 1.82) is 0 Å². The number of amides is 3. The van der Waals surface area contributed by atoms with Crippen molar-refractivity contribution >= 4 is 27.9 Å². The van der Waals surface area contributed by atoms with Crippen molar-refractivity contribution in [3.63, 3.8) is 0 Å². The van der Waals surface area contributed by atoms with Crippen LogP contribution in [-0.2, 0) is 4.79 Å². The Kier molecular flexibility index (Phi) is 3.29. The first kappa shape index (κ1) is 10.9. The average molecular weight is 275 g/mol.